The van der Waals surface area contributed by atoms with Gasteiger partial charge in [0.2, 0.25) is 0 Å². The summed E-state index contributed by atoms with van der Waals surface area (Å²) in [7, 11) is -1.36. The molecule has 0 aliphatic heterocycles. The van der Waals surface area contributed by atoms with Crippen LogP contribution in [0.1, 0.15) is 69.8 Å². The van der Waals surface area contributed by atoms with Crippen LogP contribution in [0, 0.1) is 12.5 Å². The van der Waals surface area contributed by atoms with Crippen LogP contribution in [-0.4, -0.2) is 11.3 Å². The van der Waals surface area contributed by atoms with E-state index in [4.69, 9.17) is 11.6 Å². The maximum atomic E-state index is 6.69. The topological polar surface area (TPSA) is 0 Å². The molecular weight excluding hydrogens is 413 g/mol. The zero-order valence-electron chi connectivity index (χ0n) is 14.3. The summed E-state index contributed by atoms with van der Waals surface area (Å²) < 4.78 is 0. The molecule has 2 fully saturated rings. The Kier molecular flexibility index (Phi) is 8.09. The van der Waals surface area contributed by atoms with Crippen LogP contribution in [0.25, 0.3) is 0 Å². The van der Waals surface area contributed by atoms with Gasteiger partial charge in [-0.1, -0.05) is 43.4 Å². The maximum Gasteiger partial charge on any atom is 0.0664 e. The summed E-state index contributed by atoms with van der Waals surface area (Å²) in [4.78, 5) is 0. The molecule has 3 heteroatoms. The molecule has 3 rings (SSSR count). The Morgan fingerprint density at radius 3 is 1.65 bits per heavy atom. The molecule has 132 valence electrons. The van der Waals surface area contributed by atoms with Gasteiger partial charge in [0.05, 0.1) is 5.30 Å². The van der Waals surface area contributed by atoms with Gasteiger partial charge in [0.1, 0.15) is 0 Å². The standard InChI is InChI=1S/C20H30ClP.Pd/c1-17-12-14-20(15-13-17)22(16-21,18-8-4-2-5-9-18)19-10-6-3-7-11-19;/h12-16,18-19H,2-11H2,1H3;. The van der Waals surface area contributed by atoms with E-state index in [0.29, 0.717) is 0 Å². The maximum absolute atomic E-state index is 6.69. The Morgan fingerprint density at radius 1 is 0.826 bits per heavy atom. The van der Waals surface area contributed by atoms with Crippen LogP contribution in [0.3, 0.4) is 0 Å². The molecular formula is C20H30ClPPd. The second-order valence-corrected chi connectivity index (χ2v) is 11.8. The summed E-state index contributed by atoms with van der Waals surface area (Å²) in [5.74, 6) is 0. The van der Waals surface area contributed by atoms with Crippen LogP contribution >= 0.6 is 18.9 Å². The second-order valence-electron chi connectivity index (χ2n) is 7.35. The monoisotopic (exact) mass is 442 g/mol. The van der Waals surface area contributed by atoms with E-state index in [1.807, 2.05) is 0 Å². The zero-order valence-corrected chi connectivity index (χ0v) is 17.5. The van der Waals surface area contributed by atoms with Gasteiger partial charge in [0.15, 0.2) is 0 Å². The number of aryl methyl sites for hydroxylation is 1. The number of rotatable bonds is 4. The molecule has 0 N–H and O–H groups in total. The molecule has 0 unspecified atom stereocenters. The first-order valence-electron chi connectivity index (χ1n) is 9.17. The predicted molar refractivity (Wildman–Crippen MR) is 102 cm³/mol. The molecule has 0 radical (unpaired) electrons. The quantitative estimate of drug-likeness (QED) is 0.277. The molecule has 23 heavy (non-hydrogen) atoms. The van der Waals surface area contributed by atoms with E-state index in [-0.39, 0.29) is 20.4 Å². The summed E-state index contributed by atoms with van der Waals surface area (Å²) in [6.07, 6.45) is 14.1. The first-order chi connectivity index (χ1) is 10.8. The molecule has 0 spiro atoms. The summed E-state index contributed by atoms with van der Waals surface area (Å²) >= 11 is 6.69. The van der Waals surface area contributed by atoms with Crippen molar-refractivity contribution in [3.63, 3.8) is 0 Å². The van der Waals surface area contributed by atoms with E-state index in [1.54, 1.807) is 5.30 Å². The van der Waals surface area contributed by atoms with Crippen molar-refractivity contribution in [2.75, 3.05) is 0 Å². The summed E-state index contributed by atoms with van der Waals surface area (Å²) in [6, 6.07) is 9.42. The predicted octanol–water partition coefficient (Wildman–Crippen LogP) is 6.66. The van der Waals surface area contributed by atoms with E-state index >= 15 is 0 Å². The molecule has 0 atom stereocenters. The van der Waals surface area contributed by atoms with Crippen LogP contribution in [0.4, 0.5) is 0 Å². The molecule has 2 saturated carbocycles. The van der Waals surface area contributed by atoms with E-state index < -0.39 is 7.26 Å². The normalized spacial score (nSPS) is 21.0. The van der Waals surface area contributed by atoms with Crippen LogP contribution < -0.4 is 5.30 Å². The molecule has 2 aliphatic carbocycles. The molecule has 2 aliphatic rings. The van der Waals surface area contributed by atoms with Gasteiger partial charge in [-0.15, -0.1) is 0 Å². The average molecular weight is 443 g/mol. The molecule has 1 aromatic carbocycles. The minimum atomic E-state index is -1.36. The fourth-order valence-electron chi connectivity index (χ4n) is 4.76. The first kappa shape index (κ1) is 19.9. The van der Waals surface area contributed by atoms with Gasteiger partial charge in [0, 0.05) is 31.7 Å². The van der Waals surface area contributed by atoms with Crippen molar-refractivity contribution in [1.29, 1.82) is 0 Å². The molecule has 0 aromatic heterocycles. The van der Waals surface area contributed by atoms with Gasteiger partial charge >= 0.3 is 0 Å². The number of hydrogen-bond donors (Lipinski definition) is 0. The Hall–Kier alpha value is 0.602. The SMILES string of the molecule is Cc1ccc([P+]([CH-]Cl)(C2CCCCC2)C2CCCCC2)cc1.[Pd]. The van der Waals surface area contributed by atoms with E-state index in [1.165, 1.54) is 69.8 Å². The fraction of sp³-hybridized carbons (Fsp3) is 0.650. The van der Waals surface area contributed by atoms with E-state index in [2.05, 4.69) is 36.8 Å². The Labute approximate surface area is 162 Å². The number of benzene rings is 1. The van der Waals surface area contributed by atoms with Gasteiger partial charge in [-0.3, -0.25) is 0 Å². The van der Waals surface area contributed by atoms with Crippen molar-refractivity contribution in [1.82, 2.24) is 0 Å². The summed E-state index contributed by atoms with van der Waals surface area (Å²) in [5, 5.41) is 1.59. The Bertz CT molecular complexity index is 443. The second kappa shape index (κ2) is 9.34. The van der Waals surface area contributed by atoms with Crippen molar-refractivity contribution in [2.24, 2.45) is 0 Å². The number of hydrogen-bond acceptors (Lipinski definition) is 0. The fourth-order valence-corrected chi connectivity index (χ4v) is 11.0. The third kappa shape index (κ3) is 4.23. The van der Waals surface area contributed by atoms with Crippen LogP contribution in [0.5, 0.6) is 0 Å². The van der Waals surface area contributed by atoms with Gasteiger partial charge in [-0.25, -0.2) is 0 Å². The molecule has 0 saturated heterocycles. The van der Waals surface area contributed by atoms with Crippen molar-refractivity contribution < 1.29 is 20.4 Å². The number of halogens is 1. The third-order valence-corrected chi connectivity index (χ3v) is 11.9. The van der Waals surface area contributed by atoms with Gasteiger partial charge in [-0.2, -0.15) is 0 Å². The molecule has 0 amide bonds. The first-order valence-corrected chi connectivity index (χ1v) is 11.6. The largest absolute Gasteiger partial charge is 0.304 e. The van der Waals surface area contributed by atoms with Crippen molar-refractivity contribution in [2.45, 2.75) is 82.4 Å². The van der Waals surface area contributed by atoms with Crippen LogP contribution in [0.2, 0.25) is 0 Å². The zero-order chi connectivity index (χ0) is 15.4. The van der Waals surface area contributed by atoms with Gasteiger partial charge < -0.3 is 11.6 Å². The van der Waals surface area contributed by atoms with E-state index in [9.17, 15) is 0 Å². The smallest absolute Gasteiger partial charge is 0.0664 e. The summed E-state index contributed by atoms with van der Waals surface area (Å²) in [5.41, 5.74) is 5.27. The minimum absolute atomic E-state index is 0. The van der Waals surface area contributed by atoms with Crippen molar-refractivity contribution in [3.05, 3.63) is 35.5 Å². The summed E-state index contributed by atoms with van der Waals surface area (Å²) in [6.45, 7) is 2.19. The van der Waals surface area contributed by atoms with Crippen LogP contribution in [-0.2, 0) is 20.4 Å². The van der Waals surface area contributed by atoms with Gasteiger partial charge in [-0.05, 0) is 70.4 Å². The molecule has 0 heterocycles. The Balaban J connectivity index is 0.00000192. The minimum Gasteiger partial charge on any atom is -0.304 e. The molecule has 1 aromatic rings. The van der Waals surface area contributed by atoms with Gasteiger partial charge in [0.25, 0.3) is 0 Å². The molecule has 0 bridgehead atoms. The van der Waals surface area contributed by atoms with Crippen molar-refractivity contribution >= 4 is 24.2 Å². The third-order valence-electron chi connectivity index (χ3n) is 6.00. The van der Waals surface area contributed by atoms with E-state index in [0.717, 1.165) is 11.3 Å². The van der Waals surface area contributed by atoms with Crippen LogP contribution in [0.15, 0.2) is 24.3 Å². The molecule has 0 nitrogen and oxygen atoms in total. The average Bonchev–Trinajstić information content (AvgIpc) is 2.59. The van der Waals surface area contributed by atoms with Crippen molar-refractivity contribution in [3.8, 4) is 0 Å². The Morgan fingerprint density at radius 2 is 1.26 bits per heavy atom.